The van der Waals surface area contributed by atoms with Gasteiger partial charge in [0, 0.05) is 24.5 Å². The molecule has 0 aliphatic carbocycles. The Balaban J connectivity index is 0.000000161. The van der Waals surface area contributed by atoms with Crippen LogP contribution in [-0.2, 0) is 17.9 Å². The van der Waals surface area contributed by atoms with E-state index in [-0.39, 0.29) is 0 Å². The van der Waals surface area contributed by atoms with Gasteiger partial charge in [-0.15, -0.1) is 0 Å². The molecule has 7 rings (SSSR count). The van der Waals surface area contributed by atoms with Gasteiger partial charge in [0.25, 0.3) is 0 Å². The Hall–Kier alpha value is -4.16. The summed E-state index contributed by atoms with van der Waals surface area (Å²) in [6, 6.07) is 51.8. The first-order valence-electron chi connectivity index (χ1n) is 17.3. The average Bonchev–Trinajstić information content (AvgIpc) is 3.59. The monoisotopic (exact) mass is 762 g/mol. The Kier molecular flexibility index (Phi) is 13.5. The molecule has 50 heavy (non-hydrogen) atoms. The smallest absolute Gasteiger partial charge is 0.0620 e. The van der Waals surface area contributed by atoms with Crippen LogP contribution in [0.15, 0.2) is 146 Å². The van der Waals surface area contributed by atoms with E-state index in [0.717, 1.165) is 13.1 Å². The standard InChI is InChI=1S/C21H27N2.C18H15P.C7H6.Ru/c1-14-9-16(3)20(17(4)10-14)22-7-8-23(13-22)21-18(5)11-15(2)12-19(21)6;1-4-10-16(11-5-1)19(17-12-6-2-7-13-17)18-14-8-3-9-15-18;1-7-5-3-2-4-6-7;/h9-13H,7-8H2,1-6H3;1-15H;1-6H;/q-1;;;+1/p+1. The maximum atomic E-state index is 2.48. The summed E-state index contributed by atoms with van der Waals surface area (Å²) in [6.45, 7) is 17.6. The molecular formula is C46H49N2PRu+. The van der Waals surface area contributed by atoms with Crippen LogP contribution in [0.5, 0.6) is 0 Å². The first-order chi connectivity index (χ1) is 24.2. The van der Waals surface area contributed by atoms with Crippen LogP contribution in [0.25, 0.3) is 0 Å². The van der Waals surface area contributed by atoms with Gasteiger partial charge in [-0.05, 0) is 100 Å². The molecule has 1 heterocycles. The van der Waals surface area contributed by atoms with Crippen molar-refractivity contribution in [1.82, 2.24) is 0 Å². The fourth-order valence-corrected chi connectivity index (χ4v) is 9.84. The van der Waals surface area contributed by atoms with E-state index in [0.29, 0.717) is 0 Å². The summed E-state index contributed by atoms with van der Waals surface area (Å²) in [7, 11) is -0.877. The Morgan fingerprint density at radius 2 is 0.780 bits per heavy atom. The second kappa shape index (κ2) is 18.2. The summed E-state index contributed by atoms with van der Waals surface area (Å²) in [5.74, 6) is 0. The first-order valence-corrected chi connectivity index (χ1v) is 19.8. The summed E-state index contributed by atoms with van der Waals surface area (Å²) in [5, 5.41) is 4.31. The molecule has 1 fully saturated rings. The van der Waals surface area contributed by atoms with Crippen molar-refractivity contribution in [1.29, 1.82) is 0 Å². The van der Waals surface area contributed by atoms with Gasteiger partial charge >= 0.3 is 58.4 Å². The predicted molar refractivity (Wildman–Crippen MR) is 218 cm³/mol. The fraction of sp³-hybridized carbons (Fsp3) is 0.174. The topological polar surface area (TPSA) is 6.48 Å². The van der Waals surface area contributed by atoms with Gasteiger partial charge in [-0.25, -0.2) is 0 Å². The zero-order valence-electron chi connectivity index (χ0n) is 30.2. The van der Waals surface area contributed by atoms with Crippen LogP contribution in [-0.4, -0.2) is 17.7 Å². The van der Waals surface area contributed by atoms with Crippen LogP contribution in [0.1, 0.15) is 38.9 Å². The number of anilines is 2. The Bertz CT molecular complexity index is 1760. The van der Waals surface area contributed by atoms with Crippen molar-refractivity contribution in [2.24, 2.45) is 0 Å². The van der Waals surface area contributed by atoms with Crippen molar-refractivity contribution < 1.29 is 17.9 Å². The Morgan fingerprint density at radius 1 is 0.480 bits per heavy atom. The molecule has 0 aromatic heterocycles. The number of hydrogen-bond donors (Lipinski definition) is 0. The van der Waals surface area contributed by atoms with E-state index in [9.17, 15) is 0 Å². The van der Waals surface area contributed by atoms with Crippen molar-refractivity contribution in [3.8, 4) is 0 Å². The van der Waals surface area contributed by atoms with Gasteiger partial charge < -0.3 is 9.80 Å². The molecule has 6 aromatic carbocycles. The van der Waals surface area contributed by atoms with Gasteiger partial charge in [0.1, 0.15) is 15.9 Å². The molecular weight excluding hydrogens is 713 g/mol. The second-order valence-corrected chi connectivity index (χ2v) is 16.0. The largest absolute Gasteiger partial charge is 0.102 e. The van der Waals surface area contributed by atoms with E-state index >= 15 is 0 Å². The summed E-state index contributed by atoms with van der Waals surface area (Å²) in [6.07, 6.45) is 0. The van der Waals surface area contributed by atoms with Crippen molar-refractivity contribution in [3.05, 3.63) is 191 Å². The van der Waals surface area contributed by atoms with E-state index in [1.807, 2.05) is 22.8 Å². The van der Waals surface area contributed by atoms with Crippen molar-refractivity contribution in [2.45, 2.75) is 41.5 Å². The molecule has 0 spiro atoms. The molecule has 0 radical (unpaired) electrons. The van der Waals surface area contributed by atoms with E-state index in [4.69, 9.17) is 0 Å². The molecule has 0 saturated carbocycles. The number of benzene rings is 6. The fourth-order valence-electron chi connectivity index (χ4n) is 6.92. The van der Waals surface area contributed by atoms with Gasteiger partial charge in [-0.2, -0.15) is 6.67 Å². The van der Waals surface area contributed by atoms with Gasteiger partial charge in [0.15, 0.2) is 0 Å². The van der Waals surface area contributed by atoms with Crippen LogP contribution < -0.4 is 25.7 Å². The summed E-state index contributed by atoms with van der Waals surface area (Å²) in [4.78, 5) is 4.81. The molecule has 0 N–H and O–H groups in total. The third-order valence-corrected chi connectivity index (χ3v) is 12.1. The molecule has 255 valence electrons. The zero-order valence-corrected chi connectivity index (χ0v) is 32.9. The average molecular weight is 762 g/mol. The van der Waals surface area contributed by atoms with Crippen LogP contribution >= 0.6 is 7.92 Å². The second-order valence-electron chi connectivity index (χ2n) is 13.0. The van der Waals surface area contributed by atoms with Gasteiger partial charge in [-0.1, -0.05) is 90.0 Å². The number of nitrogens with zero attached hydrogens (tertiary/aromatic N) is 2. The molecule has 6 aromatic rings. The predicted octanol–water partition coefficient (Wildman–Crippen LogP) is 9.54. The number of hydrogen-bond acceptors (Lipinski definition) is 2. The molecule has 1 aliphatic rings. The number of rotatable bonds is 6. The summed E-state index contributed by atoms with van der Waals surface area (Å²) in [5.41, 5.74) is 12.1. The third-order valence-electron chi connectivity index (χ3n) is 8.81. The van der Waals surface area contributed by atoms with Crippen LogP contribution in [0.3, 0.4) is 0 Å². The van der Waals surface area contributed by atoms with Crippen molar-refractivity contribution in [3.63, 3.8) is 0 Å². The van der Waals surface area contributed by atoms with E-state index < -0.39 is 7.92 Å². The van der Waals surface area contributed by atoms with Crippen LogP contribution in [0.2, 0.25) is 0 Å². The minimum Gasteiger partial charge on any atom is -0.0620 e. The Morgan fingerprint density at radius 3 is 1.06 bits per heavy atom. The quantitative estimate of drug-likeness (QED) is 0.0949. The molecule has 1 saturated heterocycles. The zero-order chi connectivity index (χ0) is 35.5. The maximum Gasteiger partial charge on any atom is 0.102 e. The van der Waals surface area contributed by atoms with Crippen LogP contribution in [0.4, 0.5) is 11.4 Å². The minimum atomic E-state index is -0.877. The molecule has 0 unspecified atom stereocenters. The summed E-state index contributed by atoms with van der Waals surface area (Å²) < 4.78 is 2.01. The minimum absolute atomic E-state index is 0.877. The number of aryl methyl sites for hydroxylation is 6. The van der Waals surface area contributed by atoms with Gasteiger partial charge in [0.2, 0.25) is 0 Å². The van der Waals surface area contributed by atoms with Gasteiger partial charge in [0.05, 0.1) is 7.92 Å². The first kappa shape index (κ1) is 37.1. The van der Waals surface area contributed by atoms with E-state index in [1.54, 1.807) is 0 Å². The normalized spacial score (nSPS) is 12.1. The van der Waals surface area contributed by atoms with Gasteiger partial charge in [-0.3, -0.25) is 0 Å². The maximum absolute atomic E-state index is 2.48. The molecule has 0 atom stereocenters. The third kappa shape index (κ3) is 9.75. The molecule has 1 aliphatic heterocycles. The molecule has 2 nitrogen and oxygen atoms in total. The van der Waals surface area contributed by atoms with Crippen molar-refractivity contribution >= 4 is 39.8 Å². The van der Waals surface area contributed by atoms with E-state index in [1.165, 1.54) is 66.2 Å². The summed E-state index contributed by atoms with van der Waals surface area (Å²) >= 11 is 2.48. The van der Waals surface area contributed by atoms with E-state index in [2.05, 4.69) is 203 Å². The van der Waals surface area contributed by atoms with Crippen LogP contribution in [0, 0.1) is 48.2 Å². The molecule has 0 amide bonds. The Labute approximate surface area is 311 Å². The molecule has 0 bridgehead atoms. The van der Waals surface area contributed by atoms with Crippen molar-refractivity contribution in [2.75, 3.05) is 22.9 Å². The SMILES string of the molecule is Cc1cc(C)c(N2[CH-]N(c3c(C)cc(C)cc3C)CC2)c(C)c1.[Ru+]=[CH]c1ccccc1.c1ccc([PH+](c2ccccc2)c2ccccc2)cc1. The molecule has 4 heteroatoms.